The average Bonchev–Trinajstić information content (AvgIpc) is 3.51. The van der Waals surface area contributed by atoms with Gasteiger partial charge in [0.05, 0.1) is 32.2 Å². The largest absolute Gasteiger partial charge is 0.481 e. The Morgan fingerprint density at radius 3 is 2.68 bits per heavy atom. The van der Waals surface area contributed by atoms with Crippen molar-refractivity contribution in [1.29, 1.82) is 0 Å². The number of nitrogens with zero attached hydrogens (tertiary/aromatic N) is 5. The molecule has 0 aliphatic heterocycles. The van der Waals surface area contributed by atoms with Gasteiger partial charge in [-0.2, -0.15) is 15.1 Å². The first-order valence-electron chi connectivity index (χ1n) is 10.6. The number of aryl methyl sites for hydroxylation is 2. The molecule has 1 aromatic carbocycles. The molecule has 0 spiro atoms. The van der Waals surface area contributed by atoms with E-state index >= 15 is 0 Å². The number of anilines is 2. The molecule has 0 saturated heterocycles. The summed E-state index contributed by atoms with van der Waals surface area (Å²) >= 11 is 0. The number of hydrogen-bond donors (Lipinski definition) is 2. The number of benzene rings is 1. The average molecular weight is 463 g/mol. The van der Waals surface area contributed by atoms with Crippen LogP contribution in [0.3, 0.4) is 0 Å². The number of carbonyl (C=O) groups excluding carboxylic acids is 1. The third-order valence-electron chi connectivity index (χ3n) is 4.90. The SMILES string of the molecule is COc1cc(OC)nc(NCCCn2cc(NC(=O)c3ncoc3-c3cccc(C)c3)cn2)n1. The van der Waals surface area contributed by atoms with Crippen LogP contribution in [0.2, 0.25) is 0 Å². The van der Waals surface area contributed by atoms with E-state index in [0.29, 0.717) is 42.2 Å². The van der Waals surface area contributed by atoms with Crippen molar-refractivity contribution in [2.45, 2.75) is 19.9 Å². The van der Waals surface area contributed by atoms with Crippen LogP contribution >= 0.6 is 0 Å². The van der Waals surface area contributed by atoms with Crippen molar-refractivity contribution >= 4 is 17.5 Å². The first-order valence-corrected chi connectivity index (χ1v) is 10.6. The highest BCUT2D eigenvalue weighted by Crippen LogP contribution is 2.24. The molecule has 0 radical (unpaired) electrons. The number of oxazole rings is 1. The van der Waals surface area contributed by atoms with Gasteiger partial charge < -0.3 is 24.5 Å². The summed E-state index contributed by atoms with van der Waals surface area (Å²) in [6.45, 7) is 3.21. The van der Waals surface area contributed by atoms with Crippen molar-refractivity contribution in [3.05, 3.63) is 60.4 Å². The van der Waals surface area contributed by atoms with Crippen molar-refractivity contribution in [2.24, 2.45) is 0 Å². The van der Waals surface area contributed by atoms with E-state index in [4.69, 9.17) is 13.9 Å². The Kier molecular flexibility index (Phi) is 7.01. The van der Waals surface area contributed by atoms with Crippen LogP contribution in [0.15, 0.2) is 53.5 Å². The standard InChI is InChI=1S/C23H25N7O4/c1-15-6-4-7-16(10-15)21-20(25-14-34-21)22(31)27-17-12-26-30(13-17)9-5-8-24-23-28-18(32-2)11-19(29-23)33-3/h4,6-7,10-14H,5,8-9H2,1-3H3,(H,27,31)(H,24,28,29). The highest BCUT2D eigenvalue weighted by Gasteiger charge is 2.19. The molecule has 2 N–H and O–H groups in total. The van der Waals surface area contributed by atoms with E-state index in [-0.39, 0.29) is 11.6 Å². The Labute approximate surface area is 196 Å². The molecule has 3 aromatic heterocycles. The number of methoxy groups -OCH3 is 2. The molecule has 34 heavy (non-hydrogen) atoms. The van der Waals surface area contributed by atoms with Gasteiger partial charge in [-0.3, -0.25) is 9.48 Å². The highest BCUT2D eigenvalue weighted by molar-refractivity contribution is 6.06. The number of rotatable bonds is 10. The second-order valence-electron chi connectivity index (χ2n) is 7.40. The van der Waals surface area contributed by atoms with Crippen molar-refractivity contribution in [3.8, 4) is 23.1 Å². The fraction of sp³-hybridized carbons (Fsp3) is 0.261. The third-order valence-corrected chi connectivity index (χ3v) is 4.90. The lowest BCUT2D eigenvalue weighted by Gasteiger charge is -2.08. The number of ether oxygens (including phenoxy) is 2. The Morgan fingerprint density at radius 2 is 1.94 bits per heavy atom. The molecular weight excluding hydrogens is 438 g/mol. The van der Waals surface area contributed by atoms with Crippen LogP contribution in [0.25, 0.3) is 11.3 Å². The molecule has 0 bridgehead atoms. The lowest BCUT2D eigenvalue weighted by Crippen LogP contribution is -2.13. The molecule has 0 aliphatic carbocycles. The van der Waals surface area contributed by atoms with Crippen molar-refractivity contribution in [3.63, 3.8) is 0 Å². The van der Waals surface area contributed by atoms with Crippen molar-refractivity contribution in [2.75, 3.05) is 31.4 Å². The van der Waals surface area contributed by atoms with Crippen molar-refractivity contribution in [1.82, 2.24) is 24.7 Å². The zero-order valence-corrected chi connectivity index (χ0v) is 19.1. The molecule has 0 atom stereocenters. The van der Waals surface area contributed by atoms with E-state index in [1.807, 2.05) is 31.2 Å². The Balaban J connectivity index is 1.31. The molecule has 0 fully saturated rings. The summed E-state index contributed by atoms with van der Waals surface area (Å²) < 4.78 is 17.5. The number of amides is 1. The summed E-state index contributed by atoms with van der Waals surface area (Å²) in [4.78, 5) is 25.3. The van der Waals surface area contributed by atoms with Gasteiger partial charge in [0.1, 0.15) is 0 Å². The minimum atomic E-state index is -0.365. The fourth-order valence-electron chi connectivity index (χ4n) is 3.27. The zero-order chi connectivity index (χ0) is 23.9. The summed E-state index contributed by atoms with van der Waals surface area (Å²) in [6, 6.07) is 9.31. The molecule has 11 nitrogen and oxygen atoms in total. The summed E-state index contributed by atoms with van der Waals surface area (Å²) in [5.41, 5.74) is 2.64. The minimum Gasteiger partial charge on any atom is -0.481 e. The van der Waals surface area contributed by atoms with Crippen LogP contribution in [0.1, 0.15) is 22.5 Å². The van der Waals surface area contributed by atoms with E-state index in [9.17, 15) is 4.79 Å². The maximum Gasteiger partial charge on any atom is 0.278 e. The minimum absolute atomic E-state index is 0.219. The quantitative estimate of drug-likeness (QED) is 0.340. The van der Waals surface area contributed by atoms with Gasteiger partial charge in [-0.25, -0.2) is 4.98 Å². The first-order chi connectivity index (χ1) is 16.6. The molecule has 4 aromatic rings. The van der Waals surface area contributed by atoms with Gasteiger partial charge in [0.2, 0.25) is 17.7 Å². The van der Waals surface area contributed by atoms with Crippen LogP contribution < -0.4 is 20.1 Å². The number of hydrogen-bond acceptors (Lipinski definition) is 9. The summed E-state index contributed by atoms with van der Waals surface area (Å²) in [5, 5.41) is 10.3. The number of aromatic nitrogens is 5. The van der Waals surface area contributed by atoms with Crippen LogP contribution in [0, 0.1) is 6.92 Å². The van der Waals surface area contributed by atoms with E-state index in [2.05, 4.69) is 30.7 Å². The van der Waals surface area contributed by atoms with Gasteiger partial charge in [-0.05, 0) is 19.4 Å². The fourth-order valence-corrected chi connectivity index (χ4v) is 3.27. The highest BCUT2D eigenvalue weighted by atomic mass is 16.5. The second kappa shape index (κ2) is 10.5. The van der Waals surface area contributed by atoms with Gasteiger partial charge >= 0.3 is 0 Å². The molecule has 11 heteroatoms. The molecule has 1 amide bonds. The molecule has 3 heterocycles. The lowest BCUT2D eigenvalue weighted by atomic mass is 10.1. The van der Waals surface area contributed by atoms with E-state index < -0.39 is 0 Å². The molecular formula is C23H25N7O4. The first kappa shape index (κ1) is 22.8. The zero-order valence-electron chi connectivity index (χ0n) is 19.1. The maximum atomic E-state index is 12.8. The van der Waals surface area contributed by atoms with Crippen LogP contribution in [0.4, 0.5) is 11.6 Å². The topological polar surface area (TPSA) is 129 Å². The molecule has 176 valence electrons. The summed E-state index contributed by atoms with van der Waals surface area (Å²) in [5.74, 6) is 1.31. The summed E-state index contributed by atoms with van der Waals surface area (Å²) in [6.07, 6.45) is 5.37. The van der Waals surface area contributed by atoms with Gasteiger partial charge in [0.25, 0.3) is 5.91 Å². The predicted octanol–water partition coefficient (Wildman–Crippen LogP) is 3.41. The van der Waals surface area contributed by atoms with E-state index in [0.717, 1.165) is 17.5 Å². The third kappa shape index (κ3) is 5.49. The van der Waals surface area contributed by atoms with E-state index in [1.54, 1.807) is 23.1 Å². The normalized spacial score (nSPS) is 10.7. The monoisotopic (exact) mass is 463 g/mol. The van der Waals surface area contributed by atoms with Gasteiger partial charge in [0, 0.05) is 24.8 Å². The molecule has 4 rings (SSSR count). The lowest BCUT2D eigenvalue weighted by molar-refractivity contribution is 0.102. The maximum absolute atomic E-state index is 12.8. The summed E-state index contributed by atoms with van der Waals surface area (Å²) in [7, 11) is 3.07. The van der Waals surface area contributed by atoms with Gasteiger partial charge in [0.15, 0.2) is 17.8 Å². The van der Waals surface area contributed by atoms with Crippen LogP contribution in [-0.4, -0.2) is 51.4 Å². The van der Waals surface area contributed by atoms with E-state index in [1.165, 1.54) is 20.6 Å². The molecule has 0 aliphatic rings. The van der Waals surface area contributed by atoms with Gasteiger partial charge in [-0.1, -0.05) is 23.8 Å². The van der Waals surface area contributed by atoms with Gasteiger partial charge in [-0.15, -0.1) is 0 Å². The van der Waals surface area contributed by atoms with Crippen LogP contribution in [-0.2, 0) is 6.54 Å². The number of nitrogens with one attached hydrogen (secondary N) is 2. The molecule has 0 unspecified atom stereocenters. The second-order valence-corrected chi connectivity index (χ2v) is 7.40. The Bertz CT molecular complexity index is 1250. The van der Waals surface area contributed by atoms with Crippen LogP contribution in [0.5, 0.6) is 11.8 Å². The molecule has 0 saturated carbocycles. The predicted molar refractivity (Wildman–Crippen MR) is 125 cm³/mol. The smallest absolute Gasteiger partial charge is 0.278 e. The van der Waals surface area contributed by atoms with Crippen molar-refractivity contribution < 1.29 is 18.7 Å². The number of carbonyl (C=O) groups is 1. The Hall–Kier alpha value is -4.41. The Morgan fingerprint density at radius 1 is 1.15 bits per heavy atom.